The van der Waals surface area contributed by atoms with Crippen LogP contribution in [0.3, 0.4) is 0 Å². The number of nitrogens with zero attached hydrogens (tertiary/aromatic N) is 2. The van der Waals surface area contributed by atoms with Crippen molar-refractivity contribution in [2.75, 3.05) is 0 Å². The molecule has 1 amide bonds. The Morgan fingerprint density at radius 1 is 1.24 bits per heavy atom. The predicted octanol–water partition coefficient (Wildman–Crippen LogP) is 1.26. The zero-order valence-corrected chi connectivity index (χ0v) is 11.1. The number of primary amides is 1. The Hall–Kier alpha value is -2.89. The molecule has 106 valence electrons. The summed E-state index contributed by atoms with van der Waals surface area (Å²) < 4.78 is 6.32. The second-order valence-corrected chi connectivity index (χ2v) is 4.67. The SMILES string of the molecule is NC(=O)C(Cc1ccccc1)n1c(=O)oc2cccnc21. The number of pyridine rings is 1. The van der Waals surface area contributed by atoms with Gasteiger partial charge in [-0.1, -0.05) is 30.3 Å². The lowest BCUT2D eigenvalue weighted by atomic mass is 10.1. The van der Waals surface area contributed by atoms with Crippen molar-refractivity contribution in [3.05, 3.63) is 64.8 Å². The largest absolute Gasteiger partial charge is 0.421 e. The van der Waals surface area contributed by atoms with Crippen LogP contribution in [0.1, 0.15) is 11.6 Å². The van der Waals surface area contributed by atoms with Gasteiger partial charge < -0.3 is 10.2 Å². The van der Waals surface area contributed by atoms with Crippen molar-refractivity contribution in [1.29, 1.82) is 0 Å². The normalized spacial score (nSPS) is 12.4. The molecule has 0 bridgehead atoms. The molecule has 1 unspecified atom stereocenters. The van der Waals surface area contributed by atoms with Gasteiger partial charge in [0.05, 0.1) is 0 Å². The van der Waals surface area contributed by atoms with Gasteiger partial charge in [-0.2, -0.15) is 0 Å². The molecule has 0 aliphatic rings. The average Bonchev–Trinajstić information content (AvgIpc) is 2.81. The van der Waals surface area contributed by atoms with E-state index in [1.165, 1.54) is 10.8 Å². The molecule has 21 heavy (non-hydrogen) atoms. The highest BCUT2D eigenvalue weighted by Gasteiger charge is 2.24. The molecule has 0 aliphatic carbocycles. The minimum absolute atomic E-state index is 0.307. The van der Waals surface area contributed by atoms with E-state index in [-0.39, 0.29) is 0 Å². The highest BCUT2D eigenvalue weighted by Crippen LogP contribution is 2.18. The van der Waals surface area contributed by atoms with Gasteiger partial charge in [-0.25, -0.2) is 14.3 Å². The van der Waals surface area contributed by atoms with Gasteiger partial charge >= 0.3 is 5.76 Å². The Morgan fingerprint density at radius 3 is 2.71 bits per heavy atom. The number of fused-ring (bicyclic) bond motifs is 1. The molecule has 3 aromatic rings. The van der Waals surface area contributed by atoms with Crippen LogP contribution in [0.4, 0.5) is 0 Å². The molecule has 2 aromatic heterocycles. The lowest BCUT2D eigenvalue weighted by molar-refractivity contribution is -0.121. The number of carbonyl (C=O) groups is 1. The maximum absolute atomic E-state index is 12.0. The van der Waals surface area contributed by atoms with Gasteiger partial charge in [0.15, 0.2) is 11.2 Å². The second-order valence-electron chi connectivity index (χ2n) is 4.67. The maximum atomic E-state index is 12.0. The zero-order chi connectivity index (χ0) is 14.8. The third-order valence-corrected chi connectivity index (χ3v) is 3.28. The Bertz CT molecular complexity index is 836. The zero-order valence-electron chi connectivity index (χ0n) is 11.1. The molecule has 2 heterocycles. The summed E-state index contributed by atoms with van der Waals surface area (Å²) in [5, 5.41) is 0. The van der Waals surface area contributed by atoms with Crippen molar-refractivity contribution in [2.45, 2.75) is 12.5 Å². The fourth-order valence-corrected chi connectivity index (χ4v) is 2.30. The fraction of sp³-hybridized carbons (Fsp3) is 0.133. The number of benzene rings is 1. The first-order valence-electron chi connectivity index (χ1n) is 6.46. The predicted molar refractivity (Wildman–Crippen MR) is 76.6 cm³/mol. The van der Waals surface area contributed by atoms with Crippen molar-refractivity contribution < 1.29 is 9.21 Å². The van der Waals surface area contributed by atoms with Crippen LogP contribution in [0.5, 0.6) is 0 Å². The standard InChI is InChI=1S/C15H13N3O3/c16-13(19)11(9-10-5-2-1-3-6-10)18-14-12(21-15(18)20)7-4-8-17-14/h1-8,11H,9H2,(H2,16,19). The second kappa shape index (κ2) is 5.24. The number of hydrogen-bond donors (Lipinski definition) is 1. The van der Waals surface area contributed by atoms with Crippen LogP contribution < -0.4 is 11.5 Å². The number of amides is 1. The molecule has 0 saturated carbocycles. The number of carbonyl (C=O) groups excluding carboxylic acids is 1. The topological polar surface area (TPSA) is 91.1 Å². The summed E-state index contributed by atoms with van der Waals surface area (Å²) in [6.45, 7) is 0. The van der Waals surface area contributed by atoms with Crippen LogP contribution in [-0.4, -0.2) is 15.5 Å². The summed E-state index contributed by atoms with van der Waals surface area (Å²) in [5.41, 5.74) is 7.03. The molecule has 6 heteroatoms. The smallest absolute Gasteiger partial charge is 0.406 e. The Balaban J connectivity index is 2.10. The van der Waals surface area contributed by atoms with Crippen molar-refractivity contribution in [3.63, 3.8) is 0 Å². The van der Waals surface area contributed by atoms with E-state index in [9.17, 15) is 9.59 Å². The fourth-order valence-electron chi connectivity index (χ4n) is 2.30. The summed E-state index contributed by atoms with van der Waals surface area (Å²) in [6.07, 6.45) is 1.84. The van der Waals surface area contributed by atoms with Crippen LogP contribution in [-0.2, 0) is 11.2 Å². The van der Waals surface area contributed by atoms with Gasteiger partial charge in [-0.3, -0.25) is 4.79 Å². The van der Waals surface area contributed by atoms with Crippen LogP contribution >= 0.6 is 0 Å². The minimum atomic E-state index is -0.837. The quantitative estimate of drug-likeness (QED) is 0.780. The van der Waals surface area contributed by atoms with Crippen molar-refractivity contribution >= 4 is 17.1 Å². The van der Waals surface area contributed by atoms with E-state index < -0.39 is 17.7 Å². The van der Waals surface area contributed by atoms with Crippen LogP contribution in [0.2, 0.25) is 0 Å². The van der Waals surface area contributed by atoms with Gasteiger partial charge in [0, 0.05) is 12.6 Å². The highest BCUT2D eigenvalue weighted by molar-refractivity contribution is 5.81. The van der Waals surface area contributed by atoms with E-state index >= 15 is 0 Å². The molecule has 0 saturated heterocycles. The Morgan fingerprint density at radius 2 is 2.00 bits per heavy atom. The molecule has 2 N–H and O–H groups in total. The summed E-state index contributed by atoms with van der Waals surface area (Å²) in [4.78, 5) is 27.9. The van der Waals surface area contributed by atoms with Gasteiger partial charge in [-0.15, -0.1) is 0 Å². The summed E-state index contributed by atoms with van der Waals surface area (Å²) in [6, 6.07) is 11.8. The molecule has 0 radical (unpaired) electrons. The minimum Gasteiger partial charge on any atom is -0.406 e. The number of oxazole rings is 1. The van der Waals surface area contributed by atoms with E-state index in [1.807, 2.05) is 30.3 Å². The summed E-state index contributed by atoms with van der Waals surface area (Å²) >= 11 is 0. The number of nitrogens with two attached hydrogens (primary N) is 1. The summed E-state index contributed by atoms with van der Waals surface area (Å²) in [7, 11) is 0. The van der Waals surface area contributed by atoms with Crippen molar-refractivity contribution in [2.24, 2.45) is 5.73 Å². The average molecular weight is 283 g/mol. The van der Waals surface area contributed by atoms with Gasteiger partial charge in [0.25, 0.3) is 0 Å². The van der Waals surface area contributed by atoms with Gasteiger partial charge in [0.1, 0.15) is 6.04 Å². The number of aromatic nitrogens is 2. The third-order valence-electron chi connectivity index (χ3n) is 3.28. The third kappa shape index (κ3) is 2.43. The van der Waals surface area contributed by atoms with E-state index in [0.29, 0.717) is 17.7 Å². The number of rotatable bonds is 4. The van der Waals surface area contributed by atoms with E-state index in [2.05, 4.69) is 4.98 Å². The first-order chi connectivity index (χ1) is 10.2. The number of hydrogen-bond acceptors (Lipinski definition) is 4. The molecule has 0 spiro atoms. The van der Waals surface area contributed by atoms with Crippen molar-refractivity contribution in [1.82, 2.24) is 9.55 Å². The molecule has 0 fully saturated rings. The van der Waals surface area contributed by atoms with Crippen LogP contribution in [0, 0.1) is 0 Å². The Kier molecular flexibility index (Phi) is 3.27. The highest BCUT2D eigenvalue weighted by atomic mass is 16.4. The van der Waals surface area contributed by atoms with Crippen LogP contribution in [0.15, 0.2) is 57.9 Å². The molecular formula is C15H13N3O3. The lowest BCUT2D eigenvalue weighted by Gasteiger charge is -2.13. The maximum Gasteiger partial charge on any atom is 0.421 e. The van der Waals surface area contributed by atoms with E-state index in [0.717, 1.165) is 5.56 Å². The lowest BCUT2D eigenvalue weighted by Crippen LogP contribution is -2.33. The molecule has 3 rings (SSSR count). The first-order valence-corrected chi connectivity index (χ1v) is 6.46. The van der Waals surface area contributed by atoms with E-state index in [4.69, 9.17) is 10.2 Å². The van der Waals surface area contributed by atoms with Crippen LogP contribution in [0.25, 0.3) is 11.2 Å². The molecular weight excluding hydrogens is 270 g/mol. The van der Waals surface area contributed by atoms with Crippen molar-refractivity contribution in [3.8, 4) is 0 Å². The van der Waals surface area contributed by atoms with Gasteiger partial charge in [-0.05, 0) is 17.7 Å². The van der Waals surface area contributed by atoms with Gasteiger partial charge in [0.2, 0.25) is 5.91 Å². The first kappa shape index (κ1) is 13.1. The monoisotopic (exact) mass is 283 g/mol. The molecule has 6 nitrogen and oxygen atoms in total. The summed E-state index contributed by atoms with van der Waals surface area (Å²) in [5.74, 6) is -1.24. The van der Waals surface area contributed by atoms with E-state index in [1.54, 1.807) is 12.1 Å². The Labute approximate surface area is 119 Å². The molecule has 1 atom stereocenters. The molecule has 0 aliphatic heterocycles. The molecule has 1 aromatic carbocycles.